The summed E-state index contributed by atoms with van der Waals surface area (Å²) in [6.07, 6.45) is 0. The fraction of sp³-hybridized carbons (Fsp3) is 0. The van der Waals surface area contributed by atoms with Gasteiger partial charge in [-0.25, -0.2) is 0 Å². The third kappa shape index (κ3) is 1350. The van der Waals surface area contributed by atoms with E-state index in [9.17, 15) is 0 Å². The van der Waals surface area contributed by atoms with Gasteiger partial charge < -0.3 is 213 Å². The molecule has 0 aromatic heterocycles. The first-order chi connectivity index (χ1) is 20.0. The summed E-state index contributed by atoms with van der Waals surface area (Å²) in [5.74, 6) is 0. The standard InChI is InChI=1S/18CN.3Fe.4Ni/c18*1-2;;;;;;;/q18*-1;;;+4;;;2*+3. The molecule has 0 aliphatic heterocycles. The van der Waals surface area contributed by atoms with Gasteiger partial charge in [0, 0.05) is 0 Å². The van der Waals surface area contributed by atoms with E-state index >= 15 is 0 Å². The van der Waals surface area contributed by atoms with E-state index in [1.807, 2.05) is 0 Å². The van der Waals surface area contributed by atoms with Gasteiger partial charge in [-0.15, -0.1) is 0 Å². The molecule has 25 heteroatoms. The van der Waals surface area contributed by atoms with Crippen molar-refractivity contribution in [2.24, 2.45) is 0 Å². The van der Waals surface area contributed by atoms with Crippen LogP contribution in [-0.2, 0) is 104 Å². The van der Waals surface area contributed by atoms with Crippen LogP contribution in [0.3, 0.4) is 0 Å². The number of hydrogen-bond donors (Lipinski definition) is 0. The predicted octanol–water partition coefficient (Wildman–Crippen LogP) is 1.72. The Balaban J connectivity index is -0.00000000465. The molecule has 0 fully saturated rings. The monoisotopic (exact) mass is 868 g/mol. The average molecular weight is 871 g/mol. The van der Waals surface area contributed by atoms with E-state index < -0.39 is 0 Å². The van der Waals surface area contributed by atoms with Gasteiger partial charge in [0.05, 0.1) is 0 Å². The van der Waals surface area contributed by atoms with Crippen molar-refractivity contribution >= 4 is 0 Å². The largest absolute Gasteiger partial charge is 3.00 e. The maximum Gasteiger partial charge on any atom is 3.00 e. The molecular weight excluding hydrogens is 871 g/mol. The molecule has 0 unspecified atom stereocenters. The van der Waals surface area contributed by atoms with Crippen LogP contribution >= 0.6 is 0 Å². The molecule has 0 rings (SSSR count). The fourth-order valence-corrected chi connectivity index (χ4v) is 0. The molecule has 0 aliphatic rings. The van der Waals surface area contributed by atoms with E-state index in [2.05, 4.69) is 53.8 Å². The Kier molecular flexibility index (Phi) is 7940. The summed E-state index contributed by atoms with van der Waals surface area (Å²) in [6, 6.07) is 0. The second kappa shape index (κ2) is 1420. The molecular formula is C18Fe3N18Ni4-8. The molecule has 43 heavy (non-hydrogen) atoms. The SMILES string of the molecule is [C-]#N.[C-]#N.[C-]#N.[C-]#N.[C-]#N.[C-]#N.[C-]#N.[C-]#N.[C-]#N.[C-]#N.[C-]#N.[C-]#N.[C-]#N.[C-]#N.[C-]#N.[C-]#N.[C-]#N.[C-]#N.[Fe+4].[Fe]=[Ni].[Fe]=[Ni].[Ni+3].[Ni+3]. The topological polar surface area (TPSA) is 428 Å². The van der Waals surface area contributed by atoms with E-state index in [-0.39, 0.29) is 50.1 Å². The number of rotatable bonds is 0. The molecule has 0 atom stereocenters. The maximum atomic E-state index is 6.25. The molecule has 0 spiro atoms. The van der Waals surface area contributed by atoms with Gasteiger partial charge in [-0.05, 0) is 0 Å². The van der Waals surface area contributed by atoms with E-state index in [0.717, 1.165) is 0 Å². The molecule has 234 valence electrons. The third-order valence-electron chi connectivity index (χ3n) is 0. The molecule has 2 radical (unpaired) electrons. The molecule has 0 amide bonds. The van der Waals surface area contributed by atoms with Crippen LogP contribution in [0.2, 0.25) is 0 Å². The number of nitrogens with zero attached hydrogens (tertiary/aromatic N) is 18. The summed E-state index contributed by atoms with van der Waals surface area (Å²) in [5.41, 5.74) is 0. The zero-order valence-corrected chi connectivity index (χ0v) is 26.6. The van der Waals surface area contributed by atoms with Crippen LogP contribution in [0.4, 0.5) is 0 Å². The van der Waals surface area contributed by atoms with Crippen molar-refractivity contribution in [2.45, 2.75) is 0 Å². The predicted molar refractivity (Wildman–Crippen MR) is 89.4 cm³/mol. The molecule has 0 heterocycles. The fourth-order valence-electron chi connectivity index (χ4n) is 0. The molecule has 0 aromatic carbocycles. The Morgan fingerprint density at radius 3 is 0.186 bits per heavy atom. The molecule has 18 nitrogen and oxygen atoms in total. The Hall–Kier alpha value is -5.65. The van der Waals surface area contributed by atoms with Crippen LogP contribution in [0, 0.1) is 213 Å². The van der Waals surface area contributed by atoms with Gasteiger partial charge in [0.1, 0.15) is 0 Å². The van der Waals surface area contributed by atoms with E-state index in [0.29, 0.717) is 0 Å². The summed E-state index contributed by atoms with van der Waals surface area (Å²) in [5, 5.41) is 112. The van der Waals surface area contributed by atoms with Crippen LogP contribution in [0.15, 0.2) is 0 Å². The normalized spacial score (nSPS) is 1.16. The Morgan fingerprint density at radius 2 is 0.186 bits per heavy atom. The zero-order chi connectivity index (χ0) is 40.0. The zero-order valence-electron chi connectivity index (χ0n) is 19.4. The summed E-state index contributed by atoms with van der Waals surface area (Å²) >= 11 is 13.0. The van der Waals surface area contributed by atoms with Crippen LogP contribution in [0.5, 0.6) is 0 Å². The molecule has 0 bridgehead atoms. The molecule has 0 N–H and O–H groups in total. The molecule has 0 saturated heterocycles. The second-order valence-electron chi connectivity index (χ2n) is 0. The minimum atomic E-state index is 0. The van der Waals surface area contributed by atoms with Gasteiger partial charge >= 0.3 is 104 Å². The molecule has 0 aromatic rings. The van der Waals surface area contributed by atoms with Crippen LogP contribution in [0.1, 0.15) is 0 Å². The Labute approximate surface area is 314 Å². The van der Waals surface area contributed by atoms with Crippen LogP contribution < -0.4 is 0 Å². The first-order valence-corrected chi connectivity index (χ1v) is 7.83. The van der Waals surface area contributed by atoms with Crippen molar-refractivity contribution in [1.82, 2.24) is 0 Å². The minimum Gasteiger partial charge on any atom is 3.00 e. The van der Waals surface area contributed by atoms with Gasteiger partial charge in [0.15, 0.2) is 0 Å². The third-order valence-corrected chi connectivity index (χ3v) is 0. The van der Waals surface area contributed by atoms with E-state index in [4.69, 9.17) is 213 Å². The van der Waals surface area contributed by atoms with E-state index in [1.165, 1.54) is 0 Å². The van der Waals surface area contributed by atoms with Crippen molar-refractivity contribution in [3.05, 3.63) is 118 Å². The van der Waals surface area contributed by atoms with Crippen molar-refractivity contribution in [2.75, 3.05) is 0 Å². The summed E-state index contributed by atoms with van der Waals surface area (Å²) < 4.78 is 0. The van der Waals surface area contributed by atoms with Gasteiger partial charge in [-0.3, -0.25) is 0 Å². The smallest absolute Gasteiger partial charge is 3.00 e. The summed E-state index contributed by atoms with van der Waals surface area (Å²) in [4.78, 5) is 0. The van der Waals surface area contributed by atoms with Crippen LogP contribution in [-0.4, -0.2) is 0 Å². The van der Waals surface area contributed by atoms with Gasteiger partial charge in [-0.2, -0.15) is 0 Å². The van der Waals surface area contributed by atoms with Crippen molar-refractivity contribution in [3.63, 3.8) is 0 Å². The Morgan fingerprint density at radius 1 is 0.186 bits per heavy atom. The van der Waals surface area contributed by atoms with Gasteiger partial charge in [-0.1, -0.05) is 0 Å². The van der Waals surface area contributed by atoms with Gasteiger partial charge in [0.2, 0.25) is 0 Å². The first kappa shape index (κ1) is 240. The first-order valence-electron chi connectivity index (χ1n) is 4.25. The Bertz CT molecular complexity index is 408. The quantitative estimate of drug-likeness (QED) is 0.247. The molecule has 0 saturated carbocycles. The molecule has 0 aliphatic carbocycles. The summed E-state index contributed by atoms with van der Waals surface area (Å²) in [6.45, 7) is 85.5. The van der Waals surface area contributed by atoms with Crippen molar-refractivity contribution < 1.29 is 104 Å². The second-order valence-corrected chi connectivity index (χ2v) is 0. The summed E-state index contributed by atoms with van der Waals surface area (Å²) in [7, 11) is 0. The number of hydrogen-bond acceptors (Lipinski definition) is 18. The van der Waals surface area contributed by atoms with Crippen LogP contribution in [0.25, 0.3) is 0 Å². The maximum absolute atomic E-state index is 6.25. The van der Waals surface area contributed by atoms with Crippen molar-refractivity contribution in [1.29, 1.82) is 94.7 Å². The average Bonchev–Trinajstić information content (AvgIpc) is 3.21. The van der Waals surface area contributed by atoms with Crippen molar-refractivity contribution in [3.8, 4) is 0 Å². The van der Waals surface area contributed by atoms with Gasteiger partial charge in [0.25, 0.3) is 0 Å². The minimum absolute atomic E-state index is 0. The van der Waals surface area contributed by atoms with E-state index in [1.54, 1.807) is 0 Å².